The van der Waals surface area contributed by atoms with E-state index in [0.717, 1.165) is 38.0 Å². The maximum atomic E-state index is 12.3. The molecule has 1 aromatic carbocycles. The number of ether oxygens (including phenoxy) is 1. The average Bonchev–Trinajstić information content (AvgIpc) is 2.50. The van der Waals surface area contributed by atoms with Crippen molar-refractivity contribution in [3.05, 3.63) is 35.9 Å². The highest BCUT2D eigenvalue weighted by Gasteiger charge is 2.21. The van der Waals surface area contributed by atoms with Gasteiger partial charge in [0.05, 0.1) is 5.92 Å². The third-order valence-corrected chi connectivity index (χ3v) is 3.61. The smallest absolute Gasteiger partial charge is 0.313 e. The first kappa shape index (κ1) is 19.9. The van der Waals surface area contributed by atoms with E-state index in [1.165, 1.54) is 0 Å². The topological polar surface area (TPSA) is 29.5 Å². The molecule has 0 heterocycles. The SMILES string of the molecule is CCC[C@@H](C(=O)OCCN(CC)CC)c1ccccc1.Cl. The van der Waals surface area contributed by atoms with E-state index in [0.29, 0.717) is 6.61 Å². The van der Waals surface area contributed by atoms with E-state index in [-0.39, 0.29) is 24.3 Å². The van der Waals surface area contributed by atoms with Crippen molar-refractivity contribution in [1.29, 1.82) is 0 Å². The molecule has 0 saturated carbocycles. The third-order valence-electron chi connectivity index (χ3n) is 3.61. The van der Waals surface area contributed by atoms with Crippen LogP contribution in [0.5, 0.6) is 0 Å². The van der Waals surface area contributed by atoms with Crippen LogP contribution in [0.3, 0.4) is 0 Å². The molecule has 4 heteroatoms. The van der Waals surface area contributed by atoms with Gasteiger partial charge < -0.3 is 9.64 Å². The predicted molar refractivity (Wildman–Crippen MR) is 90.1 cm³/mol. The maximum Gasteiger partial charge on any atom is 0.313 e. The number of halogens is 1. The van der Waals surface area contributed by atoms with E-state index in [1.807, 2.05) is 30.3 Å². The molecule has 3 nitrogen and oxygen atoms in total. The predicted octanol–water partition coefficient (Wildman–Crippen LogP) is 3.88. The number of nitrogens with zero attached hydrogens (tertiary/aromatic N) is 1. The van der Waals surface area contributed by atoms with Crippen molar-refractivity contribution in [3.8, 4) is 0 Å². The van der Waals surface area contributed by atoms with Crippen molar-refractivity contribution >= 4 is 18.4 Å². The summed E-state index contributed by atoms with van der Waals surface area (Å²) >= 11 is 0. The first-order valence-corrected chi connectivity index (χ1v) is 7.66. The van der Waals surface area contributed by atoms with Crippen LogP contribution in [-0.2, 0) is 9.53 Å². The van der Waals surface area contributed by atoms with E-state index < -0.39 is 0 Å². The lowest BCUT2D eigenvalue weighted by molar-refractivity contribution is -0.146. The molecule has 0 N–H and O–H groups in total. The molecule has 1 rings (SSSR count). The maximum absolute atomic E-state index is 12.3. The number of hydrogen-bond acceptors (Lipinski definition) is 3. The molecule has 0 aliphatic heterocycles. The standard InChI is InChI=1S/C17H27NO2.ClH/c1-4-10-16(15-11-8-7-9-12-15)17(19)20-14-13-18(5-2)6-3;/h7-9,11-12,16H,4-6,10,13-14H2,1-3H3;1H/t16-;/m1./s1. The van der Waals surface area contributed by atoms with E-state index in [9.17, 15) is 4.79 Å². The zero-order valence-corrected chi connectivity index (χ0v) is 14.2. The Morgan fingerprint density at radius 1 is 1.14 bits per heavy atom. The van der Waals surface area contributed by atoms with Gasteiger partial charge in [0.25, 0.3) is 0 Å². The molecule has 21 heavy (non-hydrogen) atoms. The fourth-order valence-electron chi connectivity index (χ4n) is 2.31. The average molecular weight is 314 g/mol. The largest absolute Gasteiger partial charge is 0.464 e. The van der Waals surface area contributed by atoms with Crippen molar-refractivity contribution in [2.45, 2.75) is 39.5 Å². The molecule has 1 aromatic rings. The molecule has 0 spiro atoms. The minimum atomic E-state index is -0.127. The molecule has 0 amide bonds. The molecule has 0 saturated heterocycles. The van der Waals surface area contributed by atoms with Gasteiger partial charge in [-0.25, -0.2) is 0 Å². The summed E-state index contributed by atoms with van der Waals surface area (Å²) in [6.45, 7) is 9.61. The Hall–Kier alpha value is -1.06. The summed E-state index contributed by atoms with van der Waals surface area (Å²) in [5.74, 6) is -0.219. The molecule has 0 fully saturated rings. The van der Waals surface area contributed by atoms with Crippen molar-refractivity contribution in [3.63, 3.8) is 0 Å². The molecule has 0 bridgehead atoms. The molecular weight excluding hydrogens is 286 g/mol. The number of likely N-dealkylation sites (N-methyl/N-ethyl adjacent to an activating group) is 1. The summed E-state index contributed by atoms with van der Waals surface area (Å²) in [5, 5.41) is 0. The van der Waals surface area contributed by atoms with Crippen molar-refractivity contribution < 1.29 is 9.53 Å². The molecule has 0 unspecified atom stereocenters. The quantitative estimate of drug-likeness (QED) is 0.648. The lowest BCUT2D eigenvalue weighted by atomic mass is 9.95. The summed E-state index contributed by atoms with van der Waals surface area (Å²) in [5.41, 5.74) is 1.06. The Morgan fingerprint density at radius 3 is 2.29 bits per heavy atom. The Balaban J connectivity index is 0.00000400. The second-order valence-corrected chi connectivity index (χ2v) is 4.95. The Morgan fingerprint density at radius 2 is 1.76 bits per heavy atom. The summed E-state index contributed by atoms with van der Waals surface area (Å²) in [7, 11) is 0. The van der Waals surface area contributed by atoms with Gasteiger partial charge in [-0.1, -0.05) is 57.5 Å². The van der Waals surface area contributed by atoms with Gasteiger partial charge in [0.2, 0.25) is 0 Å². The van der Waals surface area contributed by atoms with Crippen molar-refractivity contribution in [2.75, 3.05) is 26.2 Å². The summed E-state index contributed by atoms with van der Waals surface area (Å²) in [6.07, 6.45) is 1.82. The van der Waals surface area contributed by atoms with Gasteiger partial charge in [-0.2, -0.15) is 0 Å². The second-order valence-electron chi connectivity index (χ2n) is 4.95. The summed E-state index contributed by atoms with van der Waals surface area (Å²) in [4.78, 5) is 14.5. The van der Waals surface area contributed by atoms with Gasteiger partial charge in [-0.15, -0.1) is 12.4 Å². The molecular formula is C17H28ClNO2. The number of carbonyl (C=O) groups excluding carboxylic acids is 1. The van der Waals surface area contributed by atoms with E-state index >= 15 is 0 Å². The van der Waals surface area contributed by atoms with E-state index in [4.69, 9.17) is 4.74 Å². The number of hydrogen-bond donors (Lipinski definition) is 0. The number of carbonyl (C=O) groups is 1. The third kappa shape index (κ3) is 6.96. The zero-order chi connectivity index (χ0) is 14.8. The highest BCUT2D eigenvalue weighted by atomic mass is 35.5. The van der Waals surface area contributed by atoms with Gasteiger partial charge in [0, 0.05) is 6.54 Å². The van der Waals surface area contributed by atoms with E-state index in [2.05, 4.69) is 25.7 Å². The van der Waals surface area contributed by atoms with Crippen LogP contribution in [0.2, 0.25) is 0 Å². The first-order valence-electron chi connectivity index (χ1n) is 7.66. The van der Waals surface area contributed by atoms with Gasteiger partial charge in [0.15, 0.2) is 0 Å². The van der Waals surface area contributed by atoms with Crippen molar-refractivity contribution in [1.82, 2.24) is 4.90 Å². The van der Waals surface area contributed by atoms with Crippen LogP contribution in [0.15, 0.2) is 30.3 Å². The summed E-state index contributed by atoms with van der Waals surface area (Å²) < 4.78 is 5.46. The highest BCUT2D eigenvalue weighted by Crippen LogP contribution is 2.22. The fourth-order valence-corrected chi connectivity index (χ4v) is 2.31. The first-order chi connectivity index (χ1) is 9.72. The lowest BCUT2D eigenvalue weighted by Crippen LogP contribution is -2.28. The molecule has 0 aliphatic rings. The van der Waals surface area contributed by atoms with Crippen molar-refractivity contribution in [2.24, 2.45) is 0 Å². The number of esters is 1. The molecule has 0 radical (unpaired) electrons. The monoisotopic (exact) mass is 313 g/mol. The molecule has 0 aromatic heterocycles. The molecule has 0 aliphatic carbocycles. The van der Waals surface area contributed by atoms with Crippen LogP contribution in [0.1, 0.15) is 45.1 Å². The van der Waals surface area contributed by atoms with E-state index in [1.54, 1.807) is 0 Å². The Kier molecular flexibility index (Phi) is 11.0. The lowest BCUT2D eigenvalue weighted by Gasteiger charge is -2.20. The van der Waals surface area contributed by atoms with Crippen LogP contribution in [0, 0.1) is 0 Å². The van der Waals surface area contributed by atoms with Crippen LogP contribution < -0.4 is 0 Å². The number of benzene rings is 1. The van der Waals surface area contributed by atoms with Gasteiger partial charge >= 0.3 is 5.97 Å². The minimum Gasteiger partial charge on any atom is -0.464 e. The van der Waals surface area contributed by atoms with Crippen LogP contribution in [-0.4, -0.2) is 37.1 Å². The van der Waals surface area contributed by atoms with Gasteiger partial charge in [0.1, 0.15) is 6.61 Å². The van der Waals surface area contributed by atoms with Crippen LogP contribution in [0.4, 0.5) is 0 Å². The van der Waals surface area contributed by atoms with Crippen LogP contribution in [0.25, 0.3) is 0 Å². The Bertz CT molecular complexity index is 380. The highest BCUT2D eigenvalue weighted by molar-refractivity contribution is 5.85. The molecule has 120 valence electrons. The molecule has 1 atom stereocenters. The van der Waals surface area contributed by atoms with Gasteiger partial charge in [-0.05, 0) is 25.1 Å². The minimum absolute atomic E-state index is 0. The fraction of sp³-hybridized carbons (Fsp3) is 0.588. The second kappa shape index (κ2) is 11.6. The summed E-state index contributed by atoms with van der Waals surface area (Å²) in [6, 6.07) is 9.93. The normalized spacial score (nSPS) is 11.8. The Labute approximate surface area is 135 Å². The number of rotatable bonds is 9. The zero-order valence-electron chi connectivity index (χ0n) is 13.4. The van der Waals surface area contributed by atoms with Gasteiger partial charge in [-0.3, -0.25) is 4.79 Å². The van der Waals surface area contributed by atoms with Crippen LogP contribution >= 0.6 is 12.4 Å².